The molecule has 0 saturated heterocycles. The molecule has 1 aromatic rings. The maximum atomic E-state index is 11.5. The third kappa shape index (κ3) is 2.35. The highest BCUT2D eigenvalue weighted by Crippen LogP contribution is 2.29. The average Bonchev–Trinajstić information content (AvgIpc) is 2.28. The lowest BCUT2D eigenvalue weighted by molar-refractivity contribution is 0.0602. The van der Waals surface area contributed by atoms with E-state index in [2.05, 4.69) is 20.8 Å². The Morgan fingerprint density at radius 3 is 2.56 bits per heavy atom. The molecule has 0 atom stereocenters. The number of anilines is 1. The normalized spacial score (nSPS) is 11.2. The van der Waals surface area contributed by atoms with Gasteiger partial charge in [-0.25, -0.2) is 4.79 Å². The summed E-state index contributed by atoms with van der Waals surface area (Å²) in [6.45, 7) is 6.40. The van der Waals surface area contributed by atoms with Crippen molar-refractivity contribution in [1.82, 2.24) is 0 Å². The molecule has 2 N–H and O–H groups in total. The molecule has 0 bridgehead atoms. The van der Waals surface area contributed by atoms with Gasteiger partial charge in [0.15, 0.2) is 0 Å². The van der Waals surface area contributed by atoms with E-state index >= 15 is 0 Å². The molecule has 3 heteroatoms. The van der Waals surface area contributed by atoms with Crippen molar-refractivity contribution in [2.24, 2.45) is 0 Å². The zero-order valence-corrected chi connectivity index (χ0v) is 10.3. The van der Waals surface area contributed by atoms with Crippen LogP contribution in [0.4, 0.5) is 5.69 Å². The lowest BCUT2D eigenvalue weighted by Crippen LogP contribution is -2.17. The van der Waals surface area contributed by atoms with Crippen LogP contribution in [0, 0.1) is 0 Å². The van der Waals surface area contributed by atoms with Crippen LogP contribution in [0.3, 0.4) is 0 Å². The molecular formula is C13H19NO2. The zero-order chi connectivity index (χ0) is 12.3. The van der Waals surface area contributed by atoms with Crippen molar-refractivity contribution < 1.29 is 9.53 Å². The van der Waals surface area contributed by atoms with Crippen LogP contribution >= 0.6 is 0 Å². The van der Waals surface area contributed by atoms with Gasteiger partial charge in [0.1, 0.15) is 0 Å². The molecule has 0 aliphatic rings. The first-order valence-electron chi connectivity index (χ1n) is 5.40. The minimum Gasteiger partial charge on any atom is -0.465 e. The summed E-state index contributed by atoms with van der Waals surface area (Å²) in [4.78, 5) is 11.5. The Labute approximate surface area is 96.6 Å². The van der Waals surface area contributed by atoms with E-state index in [1.54, 1.807) is 6.07 Å². The first kappa shape index (κ1) is 12.6. The molecule has 3 nitrogen and oxygen atoms in total. The first-order chi connectivity index (χ1) is 7.42. The van der Waals surface area contributed by atoms with Crippen molar-refractivity contribution in [2.75, 3.05) is 12.8 Å². The van der Waals surface area contributed by atoms with Gasteiger partial charge >= 0.3 is 5.97 Å². The zero-order valence-electron chi connectivity index (χ0n) is 10.3. The van der Waals surface area contributed by atoms with Crippen LogP contribution < -0.4 is 5.73 Å². The molecule has 0 heterocycles. The Hall–Kier alpha value is -1.51. The fourth-order valence-corrected chi connectivity index (χ4v) is 1.47. The minimum atomic E-state index is -0.383. The van der Waals surface area contributed by atoms with Crippen LogP contribution in [0.5, 0.6) is 0 Å². The second-order valence-electron chi connectivity index (χ2n) is 4.53. The van der Waals surface area contributed by atoms with Crippen molar-refractivity contribution in [1.29, 1.82) is 0 Å². The SMILES string of the molecule is CCC(C)(C)c1ccc(N)c(C(=O)OC)c1. The number of carbonyl (C=O) groups excluding carboxylic acids is 1. The van der Waals surface area contributed by atoms with Gasteiger partial charge in [0.05, 0.1) is 12.7 Å². The number of hydrogen-bond donors (Lipinski definition) is 1. The number of hydrogen-bond acceptors (Lipinski definition) is 3. The highest BCUT2D eigenvalue weighted by molar-refractivity contribution is 5.95. The number of nitrogens with two attached hydrogens (primary N) is 1. The average molecular weight is 221 g/mol. The predicted octanol–water partition coefficient (Wildman–Crippen LogP) is 2.74. The van der Waals surface area contributed by atoms with E-state index in [1.165, 1.54) is 7.11 Å². The van der Waals surface area contributed by atoms with Crippen LogP contribution in [0.15, 0.2) is 18.2 Å². The van der Waals surface area contributed by atoms with Gasteiger partial charge in [0.25, 0.3) is 0 Å². The predicted molar refractivity (Wildman–Crippen MR) is 65.5 cm³/mol. The summed E-state index contributed by atoms with van der Waals surface area (Å²) in [5.74, 6) is -0.383. The quantitative estimate of drug-likeness (QED) is 0.630. The number of nitrogen functional groups attached to an aromatic ring is 1. The van der Waals surface area contributed by atoms with Gasteiger partial charge in [-0.1, -0.05) is 26.8 Å². The second kappa shape index (κ2) is 4.56. The Balaban J connectivity index is 3.22. The Bertz CT molecular complexity index is 397. The van der Waals surface area contributed by atoms with E-state index < -0.39 is 0 Å². The summed E-state index contributed by atoms with van der Waals surface area (Å²) >= 11 is 0. The minimum absolute atomic E-state index is 0.0382. The van der Waals surface area contributed by atoms with Gasteiger partial charge in [-0.15, -0.1) is 0 Å². The molecule has 88 valence electrons. The largest absolute Gasteiger partial charge is 0.465 e. The summed E-state index contributed by atoms with van der Waals surface area (Å²) in [6.07, 6.45) is 0.998. The van der Waals surface area contributed by atoms with E-state index in [0.717, 1.165) is 12.0 Å². The van der Waals surface area contributed by atoms with Crippen molar-refractivity contribution in [3.8, 4) is 0 Å². The summed E-state index contributed by atoms with van der Waals surface area (Å²) in [5.41, 5.74) is 7.80. The number of benzene rings is 1. The standard InChI is InChI=1S/C13H19NO2/c1-5-13(2,3)9-6-7-11(14)10(8-9)12(15)16-4/h6-8H,5,14H2,1-4H3. The maximum absolute atomic E-state index is 11.5. The first-order valence-corrected chi connectivity index (χ1v) is 5.40. The Morgan fingerprint density at radius 2 is 2.06 bits per heavy atom. The molecule has 1 rings (SSSR count). The molecule has 0 amide bonds. The van der Waals surface area contributed by atoms with Crippen LogP contribution in [-0.4, -0.2) is 13.1 Å². The molecule has 16 heavy (non-hydrogen) atoms. The fraction of sp³-hybridized carbons (Fsp3) is 0.462. The molecule has 0 aliphatic carbocycles. The number of esters is 1. The molecular weight excluding hydrogens is 202 g/mol. The second-order valence-corrected chi connectivity index (χ2v) is 4.53. The van der Waals surface area contributed by atoms with Crippen molar-refractivity contribution >= 4 is 11.7 Å². The van der Waals surface area contributed by atoms with E-state index in [4.69, 9.17) is 10.5 Å². The van der Waals surface area contributed by atoms with E-state index in [9.17, 15) is 4.79 Å². The van der Waals surface area contributed by atoms with Crippen LogP contribution in [0.1, 0.15) is 43.1 Å². The number of rotatable bonds is 3. The van der Waals surface area contributed by atoms with Gasteiger partial charge in [-0.2, -0.15) is 0 Å². The number of ether oxygens (including phenoxy) is 1. The van der Waals surface area contributed by atoms with E-state index in [-0.39, 0.29) is 11.4 Å². The Kier molecular flexibility index (Phi) is 3.58. The molecule has 0 fully saturated rings. The van der Waals surface area contributed by atoms with E-state index in [0.29, 0.717) is 11.3 Å². The van der Waals surface area contributed by atoms with Crippen LogP contribution in [0.2, 0.25) is 0 Å². The highest BCUT2D eigenvalue weighted by Gasteiger charge is 2.20. The molecule has 0 unspecified atom stereocenters. The molecule has 0 aromatic heterocycles. The van der Waals surface area contributed by atoms with Crippen molar-refractivity contribution in [2.45, 2.75) is 32.6 Å². The summed E-state index contributed by atoms with van der Waals surface area (Å²) < 4.78 is 4.70. The van der Waals surface area contributed by atoms with E-state index in [1.807, 2.05) is 12.1 Å². The summed E-state index contributed by atoms with van der Waals surface area (Å²) in [7, 11) is 1.36. The van der Waals surface area contributed by atoms with Gasteiger partial charge < -0.3 is 10.5 Å². The molecule has 1 aromatic carbocycles. The summed E-state index contributed by atoms with van der Waals surface area (Å²) in [6, 6.07) is 5.55. The van der Waals surface area contributed by atoms with Gasteiger partial charge in [0.2, 0.25) is 0 Å². The lowest BCUT2D eigenvalue weighted by atomic mass is 9.81. The third-order valence-corrected chi connectivity index (χ3v) is 3.12. The monoisotopic (exact) mass is 221 g/mol. The van der Waals surface area contributed by atoms with Crippen LogP contribution in [-0.2, 0) is 10.2 Å². The van der Waals surface area contributed by atoms with Gasteiger partial charge in [-0.3, -0.25) is 0 Å². The molecule has 0 saturated carbocycles. The van der Waals surface area contributed by atoms with Crippen molar-refractivity contribution in [3.05, 3.63) is 29.3 Å². The van der Waals surface area contributed by atoms with Gasteiger partial charge in [0, 0.05) is 5.69 Å². The van der Waals surface area contributed by atoms with Crippen LogP contribution in [0.25, 0.3) is 0 Å². The van der Waals surface area contributed by atoms with Gasteiger partial charge in [-0.05, 0) is 29.5 Å². The molecule has 0 spiro atoms. The third-order valence-electron chi connectivity index (χ3n) is 3.12. The summed E-state index contributed by atoms with van der Waals surface area (Å²) in [5, 5.41) is 0. The smallest absolute Gasteiger partial charge is 0.339 e. The van der Waals surface area contributed by atoms with Crippen molar-refractivity contribution in [3.63, 3.8) is 0 Å². The fourth-order valence-electron chi connectivity index (χ4n) is 1.47. The maximum Gasteiger partial charge on any atom is 0.339 e. The molecule has 0 aliphatic heterocycles. The number of carbonyl (C=O) groups is 1. The molecule has 0 radical (unpaired) electrons. The number of methoxy groups -OCH3 is 1. The Morgan fingerprint density at radius 1 is 1.44 bits per heavy atom. The lowest BCUT2D eigenvalue weighted by Gasteiger charge is -2.24. The topological polar surface area (TPSA) is 52.3 Å². The highest BCUT2D eigenvalue weighted by atomic mass is 16.5.